The van der Waals surface area contributed by atoms with Crippen LogP contribution < -0.4 is 0 Å². The molecule has 0 spiro atoms. The minimum Gasteiger partial charge on any atom is -0.396 e. The van der Waals surface area contributed by atoms with Crippen molar-refractivity contribution in [1.82, 2.24) is 0 Å². The molecule has 1 N–H and O–H groups in total. The number of rotatable bonds is 2. The Morgan fingerprint density at radius 3 is 2.43 bits per heavy atom. The van der Waals surface area contributed by atoms with Gasteiger partial charge in [0.1, 0.15) is 0 Å². The third-order valence-electron chi connectivity index (χ3n) is 3.09. The molecule has 0 unspecified atom stereocenters. The van der Waals surface area contributed by atoms with Crippen LogP contribution in [0.3, 0.4) is 0 Å². The molecule has 0 aliphatic heterocycles. The Hall–Kier alpha value is -0.0500. The number of aliphatic hydroxyl groups is 1. The van der Waals surface area contributed by atoms with E-state index in [-0.39, 0.29) is 12.0 Å². The first-order valence-corrected chi connectivity index (χ1v) is 5.89. The summed E-state index contributed by atoms with van der Waals surface area (Å²) in [5.41, 5.74) is 1.24. The van der Waals surface area contributed by atoms with Crippen molar-refractivity contribution in [2.24, 2.45) is 5.41 Å². The van der Waals surface area contributed by atoms with Crippen molar-refractivity contribution in [3.05, 3.63) is 34.9 Å². The molecule has 3 atom stereocenters. The number of benzene rings is 1. The van der Waals surface area contributed by atoms with E-state index in [1.165, 1.54) is 5.56 Å². The molecule has 1 aromatic rings. The van der Waals surface area contributed by atoms with E-state index in [4.69, 9.17) is 11.6 Å². The highest BCUT2D eigenvalue weighted by Gasteiger charge is 2.60. The van der Waals surface area contributed by atoms with E-state index >= 15 is 0 Å². The molecule has 2 rings (SSSR count). The predicted octanol–water partition coefficient (Wildman–Crippen LogP) is 3.20. The summed E-state index contributed by atoms with van der Waals surface area (Å²) in [7, 11) is 0. The van der Waals surface area contributed by atoms with Crippen molar-refractivity contribution >= 4 is 27.5 Å². The van der Waals surface area contributed by atoms with Gasteiger partial charge in [-0.15, -0.1) is 0 Å². The van der Waals surface area contributed by atoms with E-state index in [0.29, 0.717) is 10.7 Å². The maximum absolute atomic E-state index is 9.27. The van der Waals surface area contributed by atoms with Crippen LogP contribution in [0.15, 0.2) is 24.3 Å². The van der Waals surface area contributed by atoms with E-state index in [0.717, 1.165) is 5.02 Å². The van der Waals surface area contributed by atoms with Crippen molar-refractivity contribution in [2.45, 2.75) is 17.7 Å². The lowest BCUT2D eigenvalue weighted by molar-refractivity contribution is 0.221. The molecule has 1 fully saturated rings. The molecule has 76 valence electrons. The van der Waals surface area contributed by atoms with Gasteiger partial charge in [-0.25, -0.2) is 0 Å². The molecule has 3 heteroatoms. The topological polar surface area (TPSA) is 20.2 Å². The molecule has 1 aliphatic rings. The van der Waals surface area contributed by atoms with Crippen LogP contribution in [0.5, 0.6) is 0 Å². The van der Waals surface area contributed by atoms with Crippen LogP contribution in [0, 0.1) is 5.41 Å². The fourth-order valence-corrected chi connectivity index (χ4v) is 3.23. The van der Waals surface area contributed by atoms with Gasteiger partial charge in [-0.05, 0) is 17.7 Å². The Labute approximate surface area is 97.2 Å². The zero-order valence-corrected chi connectivity index (χ0v) is 10.2. The zero-order chi connectivity index (χ0) is 10.3. The smallest absolute Gasteiger partial charge is 0.0502 e. The molecule has 1 aromatic carbocycles. The number of alkyl halides is 1. The monoisotopic (exact) mass is 274 g/mol. The Balaban J connectivity index is 2.23. The Morgan fingerprint density at radius 1 is 1.43 bits per heavy atom. The van der Waals surface area contributed by atoms with Gasteiger partial charge in [0, 0.05) is 21.2 Å². The molecule has 1 aliphatic carbocycles. The van der Waals surface area contributed by atoms with Crippen molar-refractivity contribution in [3.63, 3.8) is 0 Å². The highest BCUT2D eigenvalue weighted by molar-refractivity contribution is 9.09. The number of halogens is 2. The number of aliphatic hydroxyl groups excluding tert-OH is 1. The highest BCUT2D eigenvalue weighted by atomic mass is 79.9. The Kier molecular flexibility index (Phi) is 2.63. The maximum atomic E-state index is 9.27. The first-order chi connectivity index (χ1) is 6.59. The average Bonchev–Trinajstić information content (AvgIpc) is 2.72. The molecule has 0 saturated heterocycles. The third kappa shape index (κ3) is 1.50. The second-order valence-corrected chi connectivity index (χ2v) is 5.52. The van der Waals surface area contributed by atoms with Crippen molar-refractivity contribution in [1.29, 1.82) is 0 Å². The summed E-state index contributed by atoms with van der Waals surface area (Å²) >= 11 is 9.41. The van der Waals surface area contributed by atoms with Gasteiger partial charge in [-0.3, -0.25) is 0 Å². The summed E-state index contributed by atoms with van der Waals surface area (Å²) in [6, 6.07) is 7.85. The number of hydrogen-bond acceptors (Lipinski definition) is 1. The quantitative estimate of drug-likeness (QED) is 0.822. The summed E-state index contributed by atoms with van der Waals surface area (Å²) in [6.45, 7) is 2.31. The molecular formula is C11H12BrClO. The van der Waals surface area contributed by atoms with Gasteiger partial charge in [0.05, 0.1) is 6.61 Å². The van der Waals surface area contributed by atoms with Crippen molar-refractivity contribution in [2.75, 3.05) is 6.61 Å². The van der Waals surface area contributed by atoms with Crippen LogP contribution in [0.4, 0.5) is 0 Å². The van der Waals surface area contributed by atoms with Gasteiger partial charge in [0.15, 0.2) is 0 Å². The van der Waals surface area contributed by atoms with Crippen LogP contribution in [0.1, 0.15) is 18.4 Å². The minimum atomic E-state index is -0.00612. The van der Waals surface area contributed by atoms with E-state index in [1.807, 2.05) is 24.3 Å². The molecule has 1 saturated carbocycles. The molecule has 0 aromatic heterocycles. The van der Waals surface area contributed by atoms with Gasteiger partial charge < -0.3 is 5.11 Å². The largest absolute Gasteiger partial charge is 0.396 e. The summed E-state index contributed by atoms with van der Waals surface area (Å²) in [4.78, 5) is 0.376. The maximum Gasteiger partial charge on any atom is 0.0502 e. The summed E-state index contributed by atoms with van der Waals surface area (Å²) < 4.78 is 0. The average molecular weight is 276 g/mol. The highest BCUT2D eigenvalue weighted by Crippen LogP contribution is 2.63. The van der Waals surface area contributed by atoms with E-state index in [2.05, 4.69) is 22.9 Å². The number of hydrogen-bond donors (Lipinski definition) is 1. The molecule has 1 nitrogen and oxygen atoms in total. The lowest BCUT2D eigenvalue weighted by Gasteiger charge is -2.05. The minimum absolute atomic E-state index is 0.00612. The van der Waals surface area contributed by atoms with Gasteiger partial charge in [-0.1, -0.05) is 46.6 Å². The fraction of sp³-hybridized carbons (Fsp3) is 0.455. The lowest BCUT2D eigenvalue weighted by Crippen LogP contribution is -2.05. The molecule has 0 bridgehead atoms. The summed E-state index contributed by atoms with van der Waals surface area (Å²) in [6.07, 6.45) is 0. The Bertz CT molecular complexity index is 338. The summed E-state index contributed by atoms with van der Waals surface area (Å²) in [5, 5.41) is 10.0. The second-order valence-electron chi connectivity index (χ2n) is 4.09. The molecule has 0 amide bonds. The lowest BCUT2D eigenvalue weighted by atomic mass is 10.0. The molecular weight excluding hydrogens is 263 g/mol. The van der Waals surface area contributed by atoms with Crippen LogP contribution in [0.2, 0.25) is 5.02 Å². The van der Waals surface area contributed by atoms with Crippen molar-refractivity contribution in [3.8, 4) is 0 Å². The van der Waals surface area contributed by atoms with Gasteiger partial charge in [0.25, 0.3) is 0 Å². The Morgan fingerprint density at radius 2 is 2.00 bits per heavy atom. The molecule has 14 heavy (non-hydrogen) atoms. The standard InChI is InChI=1S/C11H12BrClO/c1-11(6-14)9(10(11)12)7-2-4-8(13)5-3-7/h2-5,9-10,14H,6H2,1H3/t9-,10+,11+/m0/s1. The van der Waals surface area contributed by atoms with E-state index in [1.54, 1.807) is 0 Å². The van der Waals surface area contributed by atoms with Crippen LogP contribution in [0.25, 0.3) is 0 Å². The fourth-order valence-electron chi connectivity index (χ4n) is 1.91. The first kappa shape index (κ1) is 10.5. The van der Waals surface area contributed by atoms with Crippen LogP contribution in [-0.2, 0) is 0 Å². The molecule has 0 radical (unpaired) electrons. The van der Waals surface area contributed by atoms with Crippen molar-refractivity contribution < 1.29 is 5.11 Å². The predicted molar refractivity (Wildman–Crippen MR) is 62.1 cm³/mol. The normalized spacial score (nSPS) is 35.7. The third-order valence-corrected chi connectivity index (χ3v) is 4.92. The van der Waals surface area contributed by atoms with Gasteiger partial charge in [-0.2, -0.15) is 0 Å². The second kappa shape index (κ2) is 3.51. The SMILES string of the molecule is C[C@]1(CO)[C@H](Br)[C@@H]1c1ccc(Cl)cc1. The van der Waals surface area contributed by atoms with Gasteiger partial charge >= 0.3 is 0 Å². The van der Waals surface area contributed by atoms with Crippen LogP contribution in [-0.4, -0.2) is 16.5 Å². The van der Waals surface area contributed by atoms with E-state index < -0.39 is 0 Å². The first-order valence-electron chi connectivity index (χ1n) is 4.60. The van der Waals surface area contributed by atoms with Crippen LogP contribution >= 0.6 is 27.5 Å². The van der Waals surface area contributed by atoms with Gasteiger partial charge in [0.2, 0.25) is 0 Å². The summed E-state index contributed by atoms with van der Waals surface area (Å²) in [5.74, 6) is 0.407. The van der Waals surface area contributed by atoms with E-state index in [9.17, 15) is 5.11 Å². The zero-order valence-electron chi connectivity index (χ0n) is 7.87. The molecule has 0 heterocycles.